The SMILES string of the molecule is CCN(CC)S(=O)(=O)c1[nH]ncc1CNC. The van der Waals surface area contributed by atoms with E-state index in [1.165, 1.54) is 10.5 Å². The highest BCUT2D eigenvalue weighted by molar-refractivity contribution is 7.89. The van der Waals surface area contributed by atoms with Crippen molar-refractivity contribution in [3.63, 3.8) is 0 Å². The molecule has 0 saturated carbocycles. The molecule has 0 saturated heterocycles. The van der Waals surface area contributed by atoms with Gasteiger partial charge in [-0.25, -0.2) is 8.42 Å². The Morgan fingerprint density at radius 2 is 2.06 bits per heavy atom. The minimum Gasteiger partial charge on any atom is -0.316 e. The number of rotatable bonds is 6. The number of aromatic nitrogens is 2. The van der Waals surface area contributed by atoms with Crippen molar-refractivity contribution in [2.24, 2.45) is 0 Å². The zero-order valence-electron chi connectivity index (χ0n) is 9.82. The summed E-state index contributed by atoms with van der Waals surface area (Å²) in [6.45, 7) is 5.02. The van der Waals surface area contributed by atoms with Crippen LogP contribution in [0.5, 0.6) is 0 Å². The Kier molecular flexibility index (Phi) is 4.45. The maximum absolute atomic E-state index is 12.2. The summed E-state index contributed by atoms with van der Waals surface area (Å²) >= 11 is 0. The molecule has 0 bridgehead atoms. The molecule has 92 valence electrons. The van der Waals surface area contributed by atoms with E-state index in [0.717, 1.165) is 0 Å². The summed E-state index contributed by atoms with van der Waals surface area (Å²) in [7, 11) is -1.67. The molecule has 0 spiro atoms. The van der Waals surface area contributed by atoms with Gasteiger partial charge in [0, 0.05) is 25.2 Å². The number of aromatic amines is 1. The molecule has 0 fully saturated rings. The highest BCUT2D eigenvalue weighted by Gasteiger charge is 2.26. The van der Waals surface area contributed by atoms with Crippen molar-refractivity contribution in [2.75, 3.05) is 20.1 Å². The van der Waals surface area contributed by atoms with Gasteiger partial charge in [-0.05, 0) is 7.05 Å². The predicted molar refractivity (Wildman–Crippen MR) is 61.5 cm³/mol. The van der Waals surface area contributed by atoms with Crippen LogP contribution in [0.15, 0.2) is 11.2 Å². The number of hydrogen-bond donors (Lipinski definition) is 2. The summed E-state index contributed by atoms with van der Waals surface area (Å²) < 4.78 is 25.8. The Hall–Kier alpha value is -0.920. The summed E-state index contributed by atoms with van der Waals surface area (Å²) in [4.78, 5) is 0. The normalized spacial score (nSPS) is 12.2. The van der Waals surface area contributed by atoms with E-state index in [1.807, 2.05) is 13.8 Å². The van der Waals surface area contributed by atoms with E-state index in [0.29, 0.717) is 25.2 Å². The Morgan fingerprint density at radius 1 is 1.44 bits per heavy atom. The van der Waals surface area contributed by atoms with Crippen LogP contribution in [0.1, 0.15) is 19.4 Å². The number of sulfonamides is 1. The first kappa shape index (κ1) is 13.1. The second-order valence-electron chi connectivity index (χ2n) is 3.34. The Labute approximate surface area is 96.1 Å². The van der Waals surface area contributed by atoms with Gasteiger partial charge >= 0.3 is 0 Å². The average molecular weight is 246 g/mol. The van der Waals surface area contributed by atoms with E-state index >= 15 is 0 Å². The largest absolute Gasteiger partial charge is 0.316 e. The fraction of sp³-hybridized carbons (Fsp3) is 0.667. The van der Waals surface area contributed by atoms with Crippen LogP contribution in [0.3, 0.4) is 0 Å². The van der Waals surface area contributed by atoms with E-state index in [1.54, 1.807) is 7.05 Å². The van der Waals surface area contributed by atoms with Gasteiger partial charge in [0.05, 0.1) is 6.20 Å². The first-order valence-corrected chi connectivity index (χ1v) is 6.68. The van der Waals surface area contributed by atoms with E-state index in [9.17, 15) is 8.42 Å². The van der Waals surface area contributed by atoms with Gasteiger partial charge in [0.25, 0.3) is 10.0 Å². The van der Waals surface area contributed by atoms with Gasteiger partial charge in [0.2, 0.25) is 0 Å². The summed E-state index contributed by atoms with van der Waals surface area (Å²) in [6, 6.07) is 0. The van der Waals surface area contributed by atoms with Gasteiger partial charge in [0.1, 0.15) is 0 Å². The van der Waals surface area contributed by atoms with E-state index in [-0.39, 0.29) is 5.03 Å². The van der Waals surface area contributed by atoms with Gasteiger partial charge < -0.3 is 5.32 Å². The number of H-pyrrole nitrogens is 1. The van der Waals surface area contributed by atoms with Crippen LogP contribution in [0, 0.1) is 0 Å². The second-order valence-corrected chi connectivity index (χ2v) is 5.22. The molecule has 1 rings (SSSR count). The molecule has 7 heteroatoms. The van der Waals surface area contributed by atoms with Crippen LogP contribution in [0.25, 0.3) is 0 Å². The van der Waals surface area contributed by atoms with Crippen molar-refractivity contribution < 1.29 is 8.42 Å². The van der Waals surface area contributed by atoms with Crippen LogP contribution in [-0.2, 0) is 16.6 Å². The molecule has 0 radical (unpaired) electrons. The summed E-state index contributed by atoms with van der Waals surface area (Å²) in [5.41, 5.74) is 0.661. The second kappa shape index (κ2) is 5.42. The number of nitrogens with zero attached hydrogens (tertiary/aromatic N) is 2. The lowest BCUT2D eigenvalue weighted by Gasteiger charge is -2.17. The molecule has 1 aromatic rings. The average Bonchev–Trinajstić information content (AvgIpc) is 2.68. The van der Waals surface area contributed by atoms with Gasteiger partial charge in [-0.15, -0.1) is 0 Å². The molecule has 0 aromatic carbocycles. The van der Waals surface area contributed by atoms with E-state index < -0.39 is 10.0 Å². The molecule has 6 nitrogen and oxygen atoms in total. The summed E-state index contributed by atoms with van der Waals surface area (Å²) in [5.74, 6) is 0. The molecule has 2 N–H and O–H groups in total. The zero-order chi connectivity index (χ0) is 12.2. The third kappa shape index (κ3) is 2.42. The van der Waals surface area contributed by atoms with Crippen molar-refractivity contribution in [3.05, 3.63) is 11.8 Å². The summed E-state index contributed by atoms with van der Waals surface area (Å²) in [6.07, 6.45) is 1.53. The maximum Gasteiger partial charge on any atom is 0.260 e. The van der Waals surface area contributed by atoms with Crippen molar-refractivity contribution in [2.45, 2.75) is 25.4 Å². The van der Waals surface area contributed by atoms with Crippen LogP contribution >= 0.6 is 0 Å². The van der Waals surface area contributed by atoms with Crippen LogP contribution in [-0.4, -0.2) is 43.1 Å². The lowest BCUT2D eigenvalue weighted by atomic mass is 10.4. The molecule has 0 amide bonds. The lowest BCUT2D eigenvalue weighted by Crippen LogP contribution is -2.31. The minimum atomic E-state index is -3.44. The molecule has 1 heterocycles. The maximum atomic E-state index is 12.2. The van der Waals surface area contributed by atoms with E-state index in [2.05, 4.69) is 15.5 Å². The molecule has 16 heavy (non-hydrogen) atoms. The smallest absolute Gasteiger partial charge is 0.260 e. The minimum absolute atomic E-state index is 0.186. The highest BCUT2D eigenvalue weighted by atomic mass is 32.2. The van der Waals surface area contributed by atoms with Gasteiger partial charge in [-0.3, -0.25) is 5.10 Å². The first-order chi connectivity index (χ1) is 7.57. The highest BCUT2D eigenvalue weighted by Crippen LogP contribution is 2.16. The lowest BCUT2D eigenvalue weighted by molar-refractivity contribution is 0.441. The number of nitrogens with one attached hydrogen (secondary N) is 2. The van der Waals surface area contributed by atoms with Crippen molar-refractivity contribution in [3.8, 4) is 0 Å². The Balaban J connectivity index is 3.11. The monoisotopic (exact) mass is 246 g/mol. The van der Waals surface area contributed by atoms with Crippen molar-refractivity contribution in [1.29, 1.82) is 0 Å². The Bertz CT molecular complexity index is 422. The fourth-order valence-electron chi connectivity index (χ4n) is 1.53. The standard InChI is InChI=1S/C9H18N4O2S/c1-4-13(5-2)16(14,15)9-8(6-10-3)7-11-12-9/h7,10H,4-6H2,1-3H3,(H,11,12). The van der Waals surface area contributed by atoms with Crippen LogP contribution < -0.4 is 5.32 Å². The molecule has 0 aliphatic heterocycles. The quantitative estimate of drug-likeness (QED) is 0.749. The van der Waals surface area contributed by atoms with Gasteiger partial charge in [-0.1, -0.05) is 13.8 Å². The molecular weight excluding hydrogens is 228 g/mol. The predicted octanol–water partition coefficient (Wildman–Crippen LogP) is 0.160. The van der Waals surface area contributed by atoms with Crippen LogP contribution in [0.4, 0.5) is 0 Å². The van der Waals surface area contributed by atoms with E-state index in [4.69, 9.17) is 0 Å². The fourth-order valence-corrected chi connectivity index (χ4v) is 3.09. The molecule has 1 aromatic heterocycles. The molecule has 0 aliphatic rings. The first-order valence-electron chi connectivity index (χ1n) is 5.24. The van der Waals surface area contributed by atoms with Gasteiger partial charge in [0.15, 0.2) is 5.03 Å². The van der Waals surface area contributed by atoms with Crippen molar-refractivity contribution in [1.82, 2.24) is 19.8 Å². The number of hydrogen-bond acceptors (Lipinski definition) is 4. The summed E-state index contributed by atoms with van der Waals surface area (Å²) in [5, 5.41) is 9.45. The Morgan fingerprint density at radius 3 is 2.56 bits per heavy atom. The van der Waals surface area contributed by atoms with Gasteiger partial charge in [-0.2, -0.15) is 9.40 Å². The third-order valence-electron chi connectivity index (χ3n) is 2.35. The molecule has 0 aliphatic carbocycles. The zero-order valence-corrected chi connectivity index (χ0v) is 10.6. The third-order valence-corrected chi connectivity index (χ3v) is 4.41. The molecule has 0 unspecified atom stereocenters. The molecular formula is C9H18N4O2S. The van der Waals surface area contributed by atoms with Crippen LogP contribution in [0.2, 0.25) is 0 Å². The topological polar surface area (TPSA) is 78.1 Å². The molecule has 0 atom stereocenters. The van der Waals surface area contributed by atoms with Crippen molar-refractivity contribution >= 4 is 10.0 Å².